The van der Waals surface area contributed by atoms with Crippen molar-refractivity contribution in [3.8, 4) is 0 Å². The number of nitrogens with zero attached hydrogens (tertiary/aromatic N) is 2. The molecular weight excluding hydrogens is 248 g/mol. The molecule has 1 unspecified atom stereocenters. The Morgan fingerprint density at radius 1 is 1.42 bits per heavy atom. The minimum absolute atomic E-state index is 0.0414. The van der Waals surface area contributed by atoms with E-state index in [1.54, 1.807) is 18.3 Å². The molecule has 0 N–H and O–H groups in total. The maximum Gasteiger partial charge on any atom is 0.414 e. The summed E-state index contributed by atoms with van der Waals surface area (Å²) in [4.78, 5) is 23.4. The van der Waals surface area contributed by atoms with Gasteiger partial charge in [0.1, 0.15) is 0 Å². The van der Waals surface area contributed by atoms with Gasteiger partial charge in [0.15, 0.2) is 0 Å². The quantitative estimate of drug-likeness (QED) is 0.606. The molecular formula is C13H14N2O4. The molecule has 19 heavy (non-hydrogen) atoms. The van der Waals surface area contributed by atoms with Crippen molar-refractivity contribution in [2.24, 2.45) is 0 Å². The summed E-state index contributed by atoms with van der Waals surface area (Å²) in [5.41, 5.74) is 0.903. The van der Waals surface area contributed by atoms with E-state index < -0.39 is 11.0 Å². The van der Waals surface area contributed by atoms with Crippen molar-refractivity contribution in [3.63, 3.8) is 0 Å². The molecule has 0 saturated heterocycles. The van der Waals surface area contributed by atoms with Gasteiger partial charge in [-0.2, -0.15) is 0 Å². The first-order valence-corrected chi connectivity index (χ1v) is 5.91. The summed E-state index contributed by atoms with van der Waals surface area (Å²) in [6.45, 7) is 0. The van der Waals surface area contributed by atoms with Crippen molar-refractivity contribution in [3.05, 3.63) is 52.2 Å². The molecule has 1 atom stereocenters. The third kappa shape index (κ3) is 2.73. The second kappa shape index (κ2) is 5.51. The lowest BCUT2D eigenvalue weighted by atomic mass is 9.98. The van der Waals surface area contributed by atoms with Crippen LogP contribution in [0.1, 0.15) is 24.4 Å². The zero-order valence-corrected chi connectivity index (χ0v) is 10.5. The number of nitro benzene ring substituents is 1. The molecule has 100 valence electrons. The van der Waals surface area contributed by atoms with Gasteiger partial charge in [0.05, 0.1) is 18.1 Å². The van der Waals surface area contributed by atoms with Crippen molar-refractivity contribution in [1.82, 2.24) is 4.90 Å². The molecule has 1 heterocycles. The highest BCUT2D eigenvalue weighted by atomic mass is 16.6. The third-order valence-corrected chi connectivity index (χ3v) is 3.08. The highest BCUT2D eigenvalue weighted by molar-refractivity contribution is 5.69. The van der Waals surface area contributed by atoms with Crippen LogP contribution in [0.4, 0.5) is 10.5 Å². The first kappa shape index (κ1) is 13.1. The molecule has 0 spiro atoms. The lowest BCUT2D eigenvalue weighted by molar-refractivity contribution is -0.384. The molecule has 0 saturated carbocycles. The molecule has 2 rings (SSSR count). The number of benzene rings is 1. The van der Waals surface area contributed by atoms with Crippen LogP contribution in [0.5, 0.6) is 0 Å². The first-order chi connectivity index (χ1) is 9.13. The number of carbonyl (C=O) groups excluding carboxylic acids is 1. The van der Waals surface area contributed by atoms with Crippen LogP contribution >= 0.6 is 0 Å². The van der Waals surface area contributed by atoms with Gasteiger partial charge in [0.2, 0.25) is 0 Å². The molecule has 1 aromatic rings. The van der Waals surface area contributed by atoms with Crippen molar-refractivity contribution in [2.75, 3.05) is 7.11 Å². The summed E-state index contributed by atoms with van der Waals surface area (Å²) >= 11 is 0. The van der Waals surface area contributed by atoms with E-state index in [1.807, 2.05) is 6.08 Å². The maximum atomic E-state index is 11.7. The second-order valence-corrected chi connectivity index (χ2v) is 4.20. The van der Waals surface area contributed by atoms with Crippen molar-refractivity contribution < 1.29 is 14.5 Å². The van der Waals surface area contributed by atoms with Gasteiger partial charge in [-0.25, -0.2) is 4.79 Å². The largest absolute Gasteiger partial charge is 0.452 e. The first-order valence-electron chi connectivity index (χ1n) is 5.91. The molecule has 1 aliphatic rings. The zero-order chi connectivity index (χ0) is 13.8. The average molecular weight is 262 g/mol. The van der Waals surface area contributed by atoms with Gasteiger partial charge in [-0.3, -0.25) is 15.0 Å². The van der Waals surface area contributed by atoms with Gasteiger partial charge >= 0.3 is 6.09 Å². The van der Waals surface area contributed by atoms with E-state index in [2.05, 4.69) is 0 Å². The van der Waals surface area contributed by atoms with Crippen LogP contribution in [0.2, 0.25) is 0 Å². The van der Waals surface area contributed by atoms with Gasteiger partial charge in [0.25, 0.3) is 5.69 Å². The van der Waals surface area contributed by atoms with Gasteiger partial charge < -0.3 is 4.74 Å². The number of rotatable bonds is 2. The van der Waals surface area contributed by atoms with Crippen molar-refractivity contribution in [2.45, 2.75) is 18.9 Å². The number of methoxy groups -OCH3 is 1. The minimum Gasteiger partial charge on any atom is -0.452 e. The molecule has 6 heteroatoms. The third-order valence-electron chi connectivity index (χ3n) is 3.08. The van der Waals surface area contributed by atoms with E-state index in [4.69, 9.17) is 4.74 Å². The number of non-ortho nitro benzene ring substituents is 1. The number of amides is 1. The van der Waals surface area contributed by atoms with Crippen LogP contribution in [0.15, 0.2) is 36.5 Å². The Bertz CT molecular complexity index is 510. The summed E-state index contributed by atoms with van der Waals surface area (Å²) in [6.07, 6.45) is 4.79. The lowest BCUT2D eigenvalue weighted by Gasteiger charge is -2.30. The number of hydrogen-bond donors (Lipinski definition) is 0. The Balaban J connectivity index is 2.26. The van der Waals surface area contributed by atoms with E-state index in [-0.39, 0.29) is 11.7 Å². The second-order valence-electron chi connectivity index (χ2n) is 4.20. The highest BCUT2D eigenvalue weighted by Crippen LogP contribution is 2.31. The number of carbonyl (C=O) groups is 1. The predicted molar refractivity (Wildman–Crippen MR) is 68.5 cm³/mol. The Morgan fingerprint density at radius 2 is 2.11 bits per heavy atom. The highest BCUT2D eigenvalue weighted by Gasteiger charge is 2.26. The van der Waals surface area contributed by atoms with Crippen molar-refractivity contribution >= 4 is 11.8 Å². The average Bonchev–Trinajstić information content (AvgIpc) is 2.46. The molecule has 0 fully saturated rings. The smallest absolute Gasteiger partial charge is 0.414 e. The molecule has 1 aromatic carbocycles. The van der Waals surface area contributed by atoms with Gasteiger partial charge in [-0.05, 0) is 18.4 Å². The van der Waals surface area contributed by atoms with Crippen LogP contribution in [0.25, 0.3) is 0 Å². The topological polar surface area (TPSA) is 72.7 Å². The Morgan fingerprint density at radius 3 is 2.68 bits per heavy atom. The summed E-state index contributed by atoms with van der Waals surface area (Å²) in [5.74, 6) is 0. The Hall–Kier alpha value is -2.37. The fourth-order valence-electron chi connectivity index (χ4n) is 2.12. The standard InChI is InChI=1S/C13H14N2O4/c1-19-13(16)14-9-3-2-4-12(14)10-5-7-11(8-6-10)15(17)18/h3,5-9,12H,2,4H2,1H3. The van der Waals surface area contributed by atoms with E-state index >= 15 is 0 Å². The van der Waals surface area contributed by atoms with Crippen molar-refractivity contribution in [1.29, 1.82) is 0 Å². The van der Waals surface area contributed by atoms with E-state index in [0.717, 1.165) is 18.4 Å². The van der Waals surface area contributed by atoms with E-state index in [9.17, 15) is 14.9 Å². The fraction of sp³-hybridized carbons (Fsp3) is 0.308. The molecule has 0 bridgehead atoms. The number of nitro groups is 1. The van der Waals surface area contributed by atoms with Crippen LogP contribution in [0, 0.1) is 10.1 Å². The van der Waals surface area contributed by atoms with E-state index in [0.29, 0.717) is 0 Å². The maximum absolute atomic E-state index is 11.7. The van der Waals surface area contributed by atoms with Crippen LogP contribution in [0.3, 0.4) is 0 Å². The van der Waals surface area contributed by atoms with Gasteiger partial charge in [0, 0.05) is 18.3 Å². The Labute approximate surface area is 110 Å². The number of hydrogen-bond acceptors (Lipinski definition) is 4. The summed E-state index contributed by atoms with van der Waals surface area (Å²) < 4.78 is 4.73. The zero-order valence-electron chi connectivity index (χ0n) is 10.5. The predicted octanol–water partition coefficient (Wildman–Crippen LogP) is 3.01. The summed E-state index contributed by atoms with van der Waals surface area (Å²) in [6, 6.07) is 6.11. The molecule has 0 aliphatic carbocycles. The molecule has 0 radical (unpaired) electrons. The van der Waals surface area contributed by atoms with Crippen LogP contribution in [-0.2, 0) is 4.74 Å². The minimum atomic E-state index is -0.442. The fourth-order valence-corrected chi connectivity index (χ4v) is 2.12. The summed E-state index contributed by atoms with van der Waals surface area (Å²) in [7, 11) is 1.33. The van der Waals surface area contributed by atoms with Crippen LogP contribution in [-0.4, -0.2) is 23.0 Å². The molecule has 0 aromatic heterocycles. The molecule has 6 nitrogen and oxygen atoms in total. The van der Waals surface area contributed by atoms with Gasteiger partial charge in [-0.15, -0.1) is 0 Å². The normalized spacial score (nSPS) is 18.2. The Kier molecular flexibility index (Phi) is 3.79. The number of ether oxygens (including phenoxy) is 1. The molecule has 1 amide bonds. The molecule has 1 aliphatic heterocycles. The lowest BCUT2D eigenvalue weighted by Crippen LogP contribution is -2.31. The SMILES string of the molecule is COC(=O)N1C=CCCC1c1ccc([N+](=O)[O-])cc1. The summed E-state index contributed by atoms with van der Waals surface area (Å²) in [5, 5.41) is 10.6. The van der Waals surface area contributed by atoms with Gasteiger partial charge in [-0.1, -0.05) is 18.2 Å². The monoisotopic (exact) mass is 262 g/mol. The number of allylic oxidation sites excluding steroid dienone is 1. The van der Waals surface area contributed by atoms with Crippen LogP contribution < -0.4 is 0 Å². The van der Waals surface area contributed by atoms with E-state index in [1.165, 1.54) is 24.1 Å².